The van der Waals surface area contributed by atoms with Crippen molar-refractivity contribution in [2.45, 2.75) is 18.8 Å². The maximum Gasteiger partial charge on any atom is 0.169 e. The standard InChI is InChI=1S/C9H19NO4S/c1-10(6-9(13-2)14-3)8-4-5-15(11,12)7-8/h8-9H,4-7H2,1-3H3. The monoisotopic (exact) mass is 237 g/mol. The molecular formula is C9H19NO4S. The molecule has 0 aromatic carbocycles. The van der Waals surface area contributed by atoms with Gasteiger partial charge in [0.15, 0.2) is 16.1 Å². The largest absolute Gasteiger partial charge is 0.355 e. The minimum Gasteiger partial charge on any atom is -0.355 e. The topological polar surface area (TPSA) is 55.8 Å². The van der Waals surface area contributed by atoms with Crippen molar-refractivity contribution in [1.29, 1.82) is 0 Å². The molecule has 1 fully saturated rings. The van der Waals surface area contributed by atoms with Gasteiger partial charge in [-0.2, -0.15) is 0 Å². The second kappa shape index (κ2) is 5.25. The van der Waals surface area contributed by atoms with Crippen LogP contribution < -0.4 is 0 Å². The van der Waals surface area contributed by atoms with Crippen molar-refractivity contribution >= 4 is 9.84 Å². The smallest absolute Gasteiger partial charge is 0.169 e. The van der Waals surface area contributed by atoms with Crippen molar-refractivity contribution in [1.82, 2.24) is 4.90 Å². The normalized spacial score (nSPS) is 25.3. The van der Waals surface area contributed by atoms with Crippen LogP contribution in [0.15, 0.2) is 0 Å². The van der Waals surface area contributed by atoms with Crippen LogP contribution in [0.4, 0.5) is 0 Å². The summed E-state index contributed by atoms with van der Waals surface area (Å²) in [4.78, 5) is 1.99. The highest BCUT2D eigenvalue weighted by molar-refractivity contribution is 7.91. The van der Waals surface area contributed by atoms with Gasteiger partial charge in [-0.15, -0.1) is 0 Å². The summed E-state index contributed by atoms with van der Waals surface area (Å²) in [6, 6.07) is 0.0998. The minimum absolute atomic E-state index is 0.0998. The first-order valence-corrected chi connectivity index (χ1v) is 6.77. The molecule has 6 heteroatoms. The van der Waals surface area contributed by atoms with Gasteiger partial charge in [0.1, 0.15) is 0 Å². The summed E-state index contributed by atoms with van der Waals surface area (Å²) in [7, 11) is 2.24. The molecule has 0 aliphatic carbocycles. The van der Waals surface area contributed by atoms with E-state index in [2.05, 4.69) is 0 Å². The molecule has 1 atom stereocenters. The van der Waals surface area contributed by atoms with Crippen LogP contribution in [0.25, 0.3) is 0 Å². The Morgan fingerprint density at radius 2 is 2.00 bits per heavy atom. The average molecular weight is 237 g/mol. The number of hydrogen-bond donors (Lipinski definition) is 0. The quantitative estimate of drug-likeness (QED) is 0.616. The van der Waals surface area contributed by atoms with E-state index in [1.165, 1.54) is 0 Å². The molecule has 1 rings (SSSR count). The van der Waals surface area contributed by atoms with Crippen LogP contribution in [-0.4, -0.2) is 65.0 Å². The van der Waals surface area contributed by atoms with Gasteiger partial charge < -0.3 is 9.47 Å². The molecule has 5 nitrogen and oxygen atoms in total. The first-order chi connectivity index (χ1) is 6.98. The summed E-state index contributed by atoms with van der Waals surface area (Å²) < 4.78 is 32.7. The number of nitrogens with zero attached hydrogens (tertiary/aromatic N) is 1. The molecule has 0 aromatic rings. The fraction of sp³-hybridized carbons (Fsp3) is 1.00. The lowest BCUT2D eigenvalue weighted by atomic mass is 10.2. The van der Waals surface area contributed by atoms with E-state index in [-0.39, 0.29) is 18.1 Å². The van der Waals surface area contributed by atoms with Crippen LogP contribution in [0.5, 0.6) is 0 Å². The Morgan fingerprint density at radius 1 is 1.40 bits per heavy atom. The van der Waals surface area contributed by atoms with E-state index in [0.717, 1.165) is 0 Å². The third-order valence-electron chi connectivity index (χ3n) is 2.79. The Morgan fingerprint density at radius 3 is 2.40 bits per heavy atom. The van der Waals surface area contributed by atoms with E-state index < -0.39 is 9.84 Å². The molecule has 0 amide bonds. The van der Waals surface area contributed by atoms with Gasteiger partial charge in [0.2, 0.25) is 0 Å². The minimum atomic E-state index is -2.81. The summed E-state index contributed by atoms with van der Waals surface area (Å²) in [6.45, 7) is 0.590. The van der Waals surface area contributed by atoms with E-state index in [1.54, 1.807) is 14.2 Å². The summed E-state index contributed by atoms with van der Waals surface area (Å²) in [5.74, 6) is 0.552. The Hall–Kier alpha value is -0.170. The van der Waals surface area contributed by atoms with E-state index in [0.29, 0.717) is 18.7 Å². The lowest BCUT2D eigenvalue weighted by Crippen LogP contribution is -2.39. The molecule has 0 saturated carbocycles. The van der Waals surface area contributed by atoms with Gasteiger partial charge >= 0.3 is 0 Å². The number of ether oxygens (including phenoxy) is 2. The van der Waals surface area contributed by atoms with Crippen molar-refractivity contribution in [2.24, 2.45) is 0 Å². The molecule has 0 N–H and O–H groups in total. The number of likely N-dealkylation sites (N-methyl/N-ethyl adjacent to an activating group) is 1. The lowest BCUT2D eigenvalue weighted by Gasteiger charge is -2.26. The van der Waals surface area contributed by atoms with Crippen molar-refractivity contribution in [3.05, 3.63) is 0 Å². The third kappa shape index (κ3) is 3.71. The Labute approximate surface area is 91.3 Å². The van der Waals surface area contributed by atoms with E-state index >= 15 is 0 Å². The number of sulfone groups is 1. The maximum absolute atomic E-state index is 11.3. The highest BCUT2D eigenvalue weighted by atomic mass is 32.2. The molecule has 90 valence electrons. The van der Waals surface area contributed by atoms with Crippen LogP contribution in [0.1, 0.15) is 6.42 Å². The van der Waals surface area contributed by atoms with E-state index in [1.807, 2.05) is 11.9 Å². The zero-order valence-corrected chi connectivity index (χ0v) is 10.3. The second-order valence-corrected chi connectivity index (χ2v) is 6.13. The maximum atomic E-state index is 11.3. The average Bonchev–Trinajstić information content (AvgIpc) is 2.55. The lowest BCUT2D eigenvalue weighted by molar-refractivity contribution is -0.116. The molecule has 1 aliphatic rings. The zero-order valence-electron chi connectivity index (χ0n) is 9.47. The van der Waals surface area contributed by atoms with Crippen LogP contribution in [0.2, 0.25) is 0 Å². The summed E-state index contributed by atoms with van der Waals surface area (Å²) >= 11 is 0. The van der Waals surface area contributed by atoms with E-state index in [4.69, 9.17) is 9.47 Å². The highest BCUT2D eigenvalue weighted by Crippen LogP contribution is 2.16. The molecule has 15 heavy (non-hydrogen) atoms. The Kier molecular flexibility index (Phi) is 4.51. The number of hydrogen-bond acceptors (Lipinski definition) is 5. The van der Waals surface area contributed by atoms with Gasteiger partial charge in [-0.1, -0.05) is 0 Å². The second-order valence-electron chi connectivity index (χ2n) is 3.90. The Balaban J connectivity index is 2.44. The molecule has 0 aromatic heterocycles. The van der Waals surface area contributed by atoms with Crippen LogP contribution >= 0.6 is 0 Å². The van der Waals surface area contributed by atoms with Gasteiger partial charge in [0, 0.05) is 26.8 Å². The molecule has 0 spiro atoms. The predicted molar refractivity (Wildman–Crippen MR) is 57.5 cm³/mol. The third-order valence-corrected chi connectivity index (χ3v) is 4.54. The van der Waals surface area contributed by atoms with Crippen molar-refractivity contribution < 1.29 is 17.9 Å². The number of methoxy groups -OCH3 is 2. The van der Waals surface area contributed by atoms with Crippen molar-refractivity contribution in [2.75, 3.05) is 39.3 Å². The molecular weight excluding hydrogens is 218 g/mol. The van der Waals surface area contributed by atoms with Crippen LogP contribution in [0, 0.1) is 0 Å². The molecule has 1 unspecified atom stereocenters. The molecule has 0 bridgehead atoms. The van der Waals surface area contributed by atoms with Crippen LogP contribution in [-0.2, 0) is 19.3 Å². The molecule has 1 heterocycles. The first kappa shape index (κ1) is 12.9. The van der Waals surface area contributed by atoms with Crippen molar-refractivity contribution in [3.63, 3.8) is 0 Å². The Bertz CT molecular complexity index is 286. The number of rotatable bonds is 5. The van der Waals surface area contributed by atoms with Crippen LogP contribution in [0.3, 0.4) is 0 Å². The summed E-state index contributed by atoms with van der Waals surface area (Å²) in [6.07, 6.45) is 0.414. The van der Waals surface area contributed by atoms with Gasteiger partial charge in [0.05, 0.1) is 11.5 Å². The summed E-state index contributed by atoms with van der Waals surface area (Å²) in [5, 5.41) is 0. The fourth-order valence-electron chi connectivity index (χ4n) is 1.75. The van der Waals surface area contributed by atoms with Gasteiger partial charge in [-0.25, -0.2) is 8.42 Å². The SMILES string of the molecule is COC(CN(C)C1CCS(=O)(=O)C1)OC. The highest BCUT2D eigenvalue weighted by Gasteiger charge is 2.31. The first-order valence-electron chi connectivity index (χ1n) is 4.94. The van der Waals surface area contributed by atoms with Crippen molar-refractivity contribution in [3.8, 4) is 0 Å². The molecule has 0 radical (unpaired) electrons. The molecule has 1 aliphatic heterocycles. The fourth-order valence-corrected chi connectivity index (χ4v) is 3.56. The van der Waals surface area contributed by atoms with Gasteiger partial charge in [-0.3, -0.25) is 4.90 Å². The molecule has 1 saturated heterocycles. The van der Waals surface area contributed by atoms with Gasteiger partial charge in [0.25, 0.3) is 0 Å². The van der Waals surface area contributed by atoms with E-state index in [9.17, 15) is 8.42 Å². The van der Waals surface area contributed by atoms with Gasteiger partial charge in [-0.05, 0) is 13.5 Å². The predicted octanol–water partition coefficient (Wildman–Crippen LogP) is -0.276. The summed E-state index contributed by atoms with van der Waals surface area (Å²) in [5.41, 5.74) is 0. The zero-order chi connectivity index (χ0) is 11.5.